The summed E-state index contributed by atoms with van der Waals surface area (Å²) in [5.41, 5.74) is 2.79. The van der Waals surface area contributed by atoms with Gasteiger partial charge in [-0.3, -0.25) is 4.79 Å². The third kappa shape index (κ3) is 6.26. The molecule has 2 aromatic carbocycles. The fourth-order valence-electron chi connectivity index (χ4n) is 3.74. The number of carbonyl (C=O) groups is 3. The molecular weight excluding hydrogens is 526 g/mol. The smallest absolute Gasteiger partial charge is 0.407 e. The van der Waals surface area contributed by atoms with Gasteiger partial charge in [0.15, 0.2) is 0 Å². The van der Waals surface area contributed by atoms with Gasteiger partial charge in [0.25, 0.3) is 5.91 Å². The Labute approximate surface area is 219 Å². The molecule has 36 heavy (non-hydrogen) atoms. The highest BCUT2D eigenvalue weighted by Gasteiger charge is 2.24. The average Bonchev–Trinajstić information content (AvgIpc) is 3.17. The first kappa shape index (κ1) is 27.3. The number of carbonyl (C=O) groups excluding carboxylic acids is 3. The molecule has 0 radical (unpaired) electrons. The zero-order valence-corrected chi connectivity index (χ0v) is 23.0. The number of aromatic amines is 1. The third-order valence-corrected chi connectivity index (χ3v) is 6.49. The average molecular weight is 558 g/mol. The van der Waals surface area contributed by atoms with Gasteiger partial charge in [0, 0.05) is 24.5 Å². The molecule has 0 aliphatic heterocycles. The van der Waals surface area contributed by atoms with Crippen molar-refractivity contribution in [3.05, 3.63) is 69.3 Å². The van der Waals surface area contributed by atoms with Crippen molar-refractivity contribution in [3.63, 3.8) is 0 Å². The summed E-state index contributed by atoms with van der Waals surface area (Å²) < 4.78 is 11.0. The number of esters is 1. The van der Waals surface area contributed by atoms with Crippen LogP contribution in [0, 0.1) is 0 Å². The summed E-state index contributed by atoms with van der Waals surface area (Å²) >= 11 is 3.50. The second-order valence-electron chi connectivity index (χ2n) is 9.45. The molecule has 3 aromatic rings. The van der Waals surface area contributed by atoms with Crippen LogP contribution in [0.1, 0.15) is 72.6 Å². The Hall–Kier alpha value is -3.33. The number of ether oxygens (including phenoxy) is 2. The van der Waals surface area contributed by atoms with E-state index < -0.39 is 17.7 Å². The molecule has 1 unspecified atom stereocenters. The molecule has 0 saturated heterocycles. The Morgan fingerprint density at radius 2 is 1.78 bits per heavy atom. The van der Waals surface area contributed by atoms with Crippen LogP contribution in [-0.2, 0) is 16.0 Å². The van der Waals surface area contributed by atoms with E-state index in [9.17, 15) is 14.4 Å². The summed E-state index contributed by atoms with van der Waals surface area (Å²) in [5, 5.41) is 3.55. The number of hydrogen-bond acceptors (Lipinski definition) is 5. The van der Waals surface area contributed by atoms with Crippen LogP contribution >= 0.6 is 15.9 Å². The summed E-state index contributed by atoms with van der Waals surface area (Å²) in [7, 11) is 1.74. The van der Waals surface area contributed by atoms with E-state index in [1.807, 2.05) is 25.1 Å². The molecule has 3 rings (SSSR count). The number of para-hydroxylation sites is 1. The lowest BCUT2D eigenvalue weighted by Gasteiger charge is -2.26. The number of halogens is 1. The van der Waals surface area contributed by atoms with Crippen molar-refractivity contribution in [2.24, 2.45) is 0 Å². The minimum absolute atomic E-state index is 0.151. The minimum Gasteiger partial charge on any atom is -0.461 e. The highest BCUT2D eigenvalue weighted by Crippen LogP contribution is 2.34. The van der Waals surface area contributed by atoms with Crippen molar-refractivity contribution < 1.29 is 23.9 Å². The Bertz CT molecular complexity index is 1260. The lowest BCUT2D eigenvalue weighted by atomic mass is 10.0. The number of hydrogen-bond donors (Lipinski definition) is 2. The Morgan fingerprint density at radius 3 is 2.39 bits per heavy atom. The molecule has 2 amide bonds. The molecule has 1 atom stereocenters. The number of nitrogens with zero attached hydrogens (tertiary/aromatic N) is 1. The monoisotopic (exact) mass is 557 g/mol. The molecule has 8 nitrogen and oxygen atoms in total. The second-order valence-corrected chi connectivity index (χ2v) is 10.2. The maximum Gasteiger partial charge on any atom is 0.407 e. The summed E-state index contributed by atoms with van der Waals surface area (Å²) in [6.45, 7) is 9.67. The molecule has 1 aromatic heterocycles. The zero-order chi connectivity index (χ0) is 26.6. The first-order valence-corrected chi connectivity index (χ1v) is 12.5. The van der Waals surface area contributed by atoms with Crippen molar-refractivity contribution in [1.82, 2.24) is 15.2 Å². The van der Waals surface area contributed by atoms with Crippen molar-refractivity contribution >= 4 is 44.8 Å². The zero-order valence-electron chi connectivity index (χ0n) is 21.4. The molecular formula is C27H32BrN3O5. The van der Waals surface area contributed by atoms with Crippen molar-refractivity contribution in [2.45, 2.75) is 52.8 Å². The fourth-order valence-corrected chi connectivity index (χ4v) is 4.33. The molecule has 0 spiro atoms. The molecule has 0 fully saturated rings. The third-order valence-electron chi connectivity index (χ3n) is 5.67. The highest BCUT2D eigenvalue weighted by molar-refractivity contribution is 9.10. The molecule has 2 N–H and O–H groups in total. The van der Waals surface area contributed by atoms with Crippen LogP contribution in [0.2, 0.25) is 0 Å². The van der Waals surface area contributed by atoms with Crippen molar-refractivity contribution in [3.8, 4) is 0 Å². The lowest BCUT2D eigenvalue weighted by Crippen LogP contribution is -2.32. The summed E-state index contributed by atoms with van der Waals surface area (Å²) in [5.74, 6) is -0.591. The van der Waals surface area contributed by atoms with E-state index in [-0.39, 0.29) is 18.6 Å². The lowest BCUT2D eigenvalue weighted by molar-refractivity contribution is 0.0511. The molecule has 0 bridgehead atoms. The molecule has 9 heteroatoms. The van der Waals surface area contributed by atoms with Gasteiger partial charge in [-0.15, -0.1) is 0 Å². The molecule has 0 aliphatic rings. The maximum absolute atomic E-state index is 13.2. The first-order chi connectivity index (χ1) is 16.9. The van der Waals surface area contributed by atoms with E-state index in [1.54, 1.807) is 63.9 Å². The number of aromatic nitrogens is 1. The summed E-state index contributed by atoms with van der Waals surface area (Å²) in [6, 6.07) is 12.5. The van der Waals surface area contributed by atoms with Gasteiger partial charge in [-0.05, 0) is 73.8 Å². The van der Waals surface area contributed by atoms with E-state index in [0.29, 0.717) is 22.3 Å². The largest absolute Gasteiger partial charge is 0.461 e. The number of H-pyrrole nitrogens is 1. The van der Waals surface area contributed by atoms with Gasteiger partial charge >= 0.3 is 12.1 Å². The van der Waals surface area contributed by atoms with Gasteiger partial charge in [0.1, 0.15) is 11.3 Å². The first-order valence-electron chi connectivity index (χ1n) is 11.7. The van der Waals surface area contributed by atoms with Crippen LogP contribution in [0.4, 0.5) is 4.79 Å². The van der Waals surface area contributed by atoms with E-state index >= 15 is 0 Å². The maximum atomic E-state index is 13.2. The Morgan fingerprint density at radius 1 is 1.11 bits per heavy atom. The van der Waals surface area contributed by atoms with Crippen molar-refractivity contribution in [1.29, 1.82) is 0 Å². The normalized spacial score (nSPS) is 12.2. The van der Waals surface area contributed by atoms with Gasteiger partial charge in [-0.25, -0.2) is 9.59 Å². The summed E-state index contributed by atoms with van der Waals surface area (Å²) in [4.78, 5) is 42.3. The Balaban J connectivity index is 1.75. The number of alkyl carbamates (subject to hydrolysis) is 1. The van der Waals surface area contributed by atoms with Crippen LogP contribution < -0.4 is 5.32 Å². The standard InChI is InChI=1S/C27H32BrN3O5/c1-7-35-25(33)23-21(28)20-10-8-9-19(22(20)30-23)16(2)31(6)24(32)18-13-11-17(12-14-18)15-29-26(34)36-27(3,4)5/h8-14,16,30H,7,15H2,1-6H3,(H,29,34). The van der Waals surface area contributed by atoms with Gasteiger partial charge in [-0.1, -0.05) is 30.3 Å². The van der Waals surface area contributed by atoms with Gasteiger partial charge in [-0.2, -0.15) is 0 Å². The number of rotatable bonds is 7. The molecule has 192 valence electrons. The number of amides is 2. The van der Waals surface area contributed by atoms with Crippen LogP contribution in [0.25, 0.3) is 10.9 Å². The summed E-state index contributed by atoms with van der Waals surface area (Å²) in [6.07, 6.45) is -0.493. The highest BCUT2D eigenvalue weighted by atomic mass is 79.9. The van der Waals surface area contributed by atoms with Crippen LogP contribution in [-0.4, -0.2) is 47.1 Å². The van der Waals surface area contributed by atoms with Crippen LogP contribution in [0.15, 0.2) is 46.9 Å². The Kier molecular flexibility index (Phi) is 8.45. The van der Waals surface area contributed by atoms with Crippen molar-refractivity contribution in [2.75, 3.05) is 13.7 Å². The van der Waals surface area contributed by atoms with Crippen LogP contribution in [0.3, 0.4) is 0 Å². The van der Waals surface area contributed by atoms with E-state index in [4.69, 9.17) is 9.47 Å². The second kappa shape index (κ2) is 11.2. The number of fused-ring (bicyclic) bond motifs is 1. The topological polar surface area (TPSA) is 101 Å². The fraction of sp³-hybridized carbons (Fsp3) is 0.370. The van der Waals surface area contributed by atoms with Gasteiger partial charge in [0.2, 0.25) is 0 Å². The van der Waals surface area contributed by atoms with E-state index in [0.717, 1.165) is 22.0 Å². The van der Waals surface area contributed by atoms with E-state index in [1.165, 1.54) is 0 Å². The van der Waals surface area contributed by atoms with Crippen LogP contribution in [0.5, 0.6) is 0 Å². The SMILES string of the molecule is CCOC(=O)c1[nH]c2c(C(C)N(C)C(=O)c3ccc(CNC(=O)OC(C)(C)C)cc3)cccc2c1Br. The van der Waals surface area contributed by atoms with Gasteiger partial charge in [0.05, 0.1) is 22.6 Å². The van der Waals surface area contributed by atoms with E-state index in [2.05, 4.69) is 26.2 Å². The molecule has 0 saturated carbocycles. The number of nitrogens with one attached hydrogen (secondary N) is 2. The predicted molar refractivity (Wildman–Crippen MR) is 142 cm³/mol. The molecule has 0 aliphatic carbocycles. The van der Waals surface area contributed by atoms with Gasteiger partial charge < -0.3 is 24.7 Å². The predicted octanol–water partition coefficient (Wildman–Crippen LogP) is 5.97. The number of benzene rings is 2. The minimum atomic E-state index is -0.567. The molecule has 1 heterocycles. The quantitative estimate of drug-likeness (QED) is 0.349.